The Morgan fingerprint density at radius 3 is 2.46 bits per heavy atom. The highest BCUT2D eigenvalue weighted by atomic mass is 32.2. The summed E-state index contributed by atoms with van der Waals surface area (Å²) >= 11 is 1.28. The molecule has 0 aliphatic heterocycles. The van der Waals surface area contributed by atoms with E-state index in [1.165, 1.54) is 50.6 Å². The van der Waals surface area contributed by atoms with Gasteiger partial charge in [-0.1, -0.05) is 6.07 Å². The van der Waals surface area contributed by atoms with Gasteiger partial charge in [0.05, 0.1) is 4.90 Å². The largest absolute Gasteiger partial charge is 0.448 e. The lowest BCUT2D eigenvalue weighted by Gasteiger charge is -2.15. The summed E-state index contributed by atoms with van der Waals surface area (Å²) in [6.07, 6.45) is -1.03. The summed E-state index contributed by atoms with van der Waals surface area (Å²) in [5.41, 5.74) is 0.299. The topological polar surface area (TPSA) is 92.8 Å². The first kappa shape index (κ1) is 20.1. The van der Waals surface area contributed by atoms with Crippen molar-refractivity contribution < 1.29 is 22.7 Å². The number of thiophene rings is 1. The molecule has 0 fully saturated rings. The van der Waals surface area contributed by atoms with Gasteiger partial charge in [-0.3, -0.25) is 4.79 Å². The summed E-state index contributed by atoms with van der Waals surface area (Å²) in [5, 5.41) is 2.56. The zero-order valence-corrected chi connectivity index (χ0v) is 16.5. The molecule has 0 spiro atoms. The van der Waals surface area contributed by atoms with Crippen LogP contribution in [0.15, 0.2) is 41.3 Å². The van der Waals surface area contributed by atoms with Crippen molar-refractivity contribution in [1.29, 1.82) is 0 Å². The normalized spacial score (nSPS) is 12.7. The van der Waals surface area contributed by atoms with E-state index < -0.39 is 28.0 Å². The second-order valence-electron chi connectivity index (χ2n) is 5.76. The van der Waals surface area contributed by atoms with E-state index in [2.05, 4.69) is 5.32 Å². The van der Waals surface area contributed by atoms with E-state index >= 15 is 0 Å². The molecule has 140 valence electrons. The first-order valence-corrected chi connectivity index (χ1v) is 9.98. The highest BCUT2D eigenvalue weighted by molar-refractivity contribution is 7.89. The zero-order chi connectivity index (χ0) is 19.5. The number of anilines is 1. The smallest absolute Gasteiger partial charge is 0.349 e. The average molecular weight is 396 g/mol. The highest BCUT2D eigenvalue weighted by Crippen LogP contribution is 2.19. The number of nitrogens with one attached hydrogen (secondary N) is 1. The number of sulfonamides is 1. The first-order chi connectivity index (χ1) is 12.1. The first-order valence-electron chi connectivity index (χ1n) is 7.72. The van der Waals surface area contributed by atoms with Gasteiger partial charge in [-0.15, -0.1) is 11.3 Å². The Labute approximate surface area is 156 Å². The van der Waals surface area contributed by atoms with Crippen molar-refractivity contribution in [3.8, 4) is 0 Å². The van der Waals surface area contributed by atoms with Crippen molar-refractivity contribution in [2.24, 2.45) is 0 Å². The molecular weight excluding hydrogens is 376 g/mol. The summed E-state index contributed by atoms with van der Waals surface area (Å²) in [4.78, 5) is 25.7. The van der Waals surface area contributed by atoms with Crippen molar-refractivity contribution >= 4 is 38.9 Å². The van der Waals surface area contributed by atoms with E-state index in [4.69, 9.17) is 4.74 Å². The summed E-state index contributed by atoms with van der Waals surface area (Å²) in [6, 6.07) is 9.31. The van der Waals surface area contributed by atoms with Crippen LogP contribution in [0.25, 0.3) is 0 Å². The monoisotopic (exact) mass is 396 g/mol. The van der Waals surface area contributed by atoms with Gasteiger partial charge >= 0.3 is 5.97 Å². The maximum atomic E-state index is 12.2. The summed E-state index contributed by atoms with van der Waals surface area (Å²) in [5.74, 6) is -1.12. The van der Waals surface area contributed by atoms with Crippen LogP contribution < -0.4 is 5.32 Å². The van der Waals surface area contributed by atoms with E-state index in [1.807, 2.05) is 6.92 Å². The number of carbonyl (C=O) groups is 2. The Hall–Kier alpha value is -2.23. The minimum atomic E-state index is -3.61. The molecule has 1 aromatic carbocycles. The number of carbonyl (C=O) groups excluding carboxylic acids is 2. The van der Waals surface area contributed by atoms with Gasteiger partial charge in [0.25, 0.3) is 5.91 Å². The summed E-state index contributed by atoms with van der Waals surface area (Å²) in [6.45, 7) is 3.32. The van der Waals surface area contributed by atoms with Crippen LogP contribution in [0.4, 0.5) is 5.69 Å². The number of rotatable bonds is 6. The van der Waals surface area contributed by atoms with Gasteiger partial charge in [-0.2, -0.15) is 0 Å². The molecule has 9 heteroatoms. The van der Waals surface area contributed by atoms with Crippen LogP contribution in [-0.4, -0.2) is 44.8 Å². The fraction of sp³-hybridized carbons (Fsp3) is 0.294. The van der Waals surface area contributed by atoms with Crippen molar-refractivity contribution in [2.45, 2.75) is 24.8 Å². The summed E-state index contributed by atoms with van der Waals surface area (Å²) in [7, 11) is -0.760. The third kappa shape index (κ3) is 4.69. The Balaban J connectivity index is 2.06. The average Bonchev–Trinajstić information content (AvgIpc) is 3.01. The molecule has 1 N–H and O–H groups in total. The molecule has 2 aromatic rings. The van der Waals surface area contributed by atoms with Crippen molar-refractivity contribution in [2.75, 3.05) is 19.4 Å². The number of ether oxygens (including phenoxy) is 1. The van der Waals surface area contributed by atoms with Gasteiger partial charge in [0, 0.05) is 24.7 Å². The van der Waals surface area contributed by atoms with Crippen molar-refractivity contribution in [3.63, 3.8) is 0 Å². The molecule has 0 unspecified atom stereocenters. The Kier molecular flexibility index (Phi) is 6.17. The maximum absolute atomic E-state index is 12.2. The Bertz CT molecular complexity index is 919. The molecule has 1 aromatic heterocycles. The molecule has 0 aliphatic carbocycles. The maximum Gasteiger partial charge on any atom is 0.349 e. The van der Waals surface area contributed by atoms with Crippen LogP contribution >= 0.6 is 11.3 Å². The second kappa shape index (κ2) is 7.98. The number of hydrogen-bond acceptors (Lipinski definition) is 6. The molecule has 0 radical (unpaired) electrons. The van der Waals surface area contributed by atoms with Crippen LogP contribution in [0.3, 0.4) is 0 Å². The van der Waals surface area contributed by atoms with Crippen LogP contribution in [0.1, 0.15) is 21.5 Å². The molecule has 1 amide bonds. The molecule has 1 heterocycles. The molecule has 26 heavy (non-hydrogen) atoms. The Morgan fingerprint density at radius 2 is 1.88 bits per heavy atom. The van der Waals surface area contributed by atoms with E-state index in [0.29, 0.717) is 10.6 Å². The predicted octanol–water partition coefficient (Wildman–Crippen LogP) is 2.49. The third-order valence-corrected chi connectivity index (χ3v) is 6.27. The second-order valence-corrected chi connectivity index (χ2v) is 9.20. The number of nitrogens with zero attached hydrogens (tertiary/aromatic N) is 1. The van der Waals surface area contributed by atoms with Gasteiger partial charge in [0.2, 0.25) is 10.0 Å². The van der Waals surface area contributed by atoms with Gasteiger partial charge in [0.1, 0.15) is 4.88 Å². The minimum absolute atomic E-state index is 0.0546. The zero-order valence-electron chi connectivity index (χ0n) is 14.8. The molecule has 0 saturated heterocycles. The van der Waals surface area contributed by atoms with Crippen LogP contribution in [0, 0.1) is 6.92 Å². The summed E-state index contributed by atoms with van der Waals surface area (Å²) < 4.78 is 30.5. The predicted molar refractivity (Wildman–Crippen MR) is 99.9 cm³/mol. The lowest BCUT2D eigenvalue weighted by atomic mass is 10.3. The lowest BCUT2D eigenvalue weighted by molar-refractivity contribution is -0.123. The molecule has 0 bridgehead atoms. The van der Waals surface area contributed by atoms with Crippen molar-refractivity contribution in [3.05, 3.63) is 46.2 Å². The third-order valence-electron chi connectivity index (χ3n) is 3.47. The van der Waals surface area contributed by atoms with Gasteiger partial charge in [-0.25, -0.2) is 17.5 Å². The van der Waals surface area contributed by atoms with Gasteiger partial charge in [-0.05, 0) is 44.2 Å². The molecule has 2 rings (SSSR count). The van der Waals surface area contributed by atoms with Crippen LogP contribution in [0.2, 0.25) is 0 Å². The number of aryl methyl sites for hydroxylation is 1. The van der Waals surface area contributed by atoms with Crippen LogP contribution in [-0.2, 0) is 19.6 Å². The minimum Gasteiger partial charge on any atom is -0.448 e. The quantitative estimate of drug-likeness (QED) is 0.758. The number of amides is 1. The Morgan fingerprint density at radius 1 is 1.19 bits per heavy atom. The highest BCUT2D eigenvalue weighted by Gasteiger charge is 2.21. The van der Waals surface area contributed by atoms with E-state index in [1.54, 1.807) is 18.2 Å². The fourth-order valence-electron chi connectivity index (χ4n) is 2.01. The SMILES string of the molecule is Cc1ccc(C(=O)O[C@H](C)C(=O)Nc2cccc(S(=O)(=O)N(C)C)c2)s1. The van der Waals surface area contributed by atoms with E-state index in [9.17, 15) is 18.0 Å². The van der Waals surface area contributed by atoms with E-state index in [0.717, 1.165) is 9.18 Å². The standard InChI is InChI=1S/C17H20N2O5S2/c1-11-8-9-15(25-11)17(21)24-12(2)16(20)18-13-6-5-7-14(10-13)26(22,23)19(3)4/h5-10,12H,1-4H3,(H,18,20)/t12-/m1/s1. The molecule has 0 aliphatic rings. The molecular formula is C17H20N2O5S2. The molecule has 1 atom stereocenters. The van der Waals surface area contributed by atoms with Crippen LogP contribution in [0.5, 0.6) is 0 Å². The van der Waals surface area contributed by atoms with Gasteiger partial charge < -0.3 is 10.1 Å². The van der Waals surface area contributed by atoms with Gasteiger partial charge in [0.15, 0.2) is 6.10 Å². The van der Waals surface area contributed by atoms with Crippen molar-refractivity contribution in [1.82, 2.24) is 4.31 Å². The number of hydrogen-bond donors (Lipinski definition) is 1. The molecule has 7 nitrogen and oxygen atoms in total. The number of benzene rings is 1. The van der Waals surface area contributed by atoms with E-state index in [-0.39, 0.29) is 4.90 Å². The lowest BCUT2D eigenvalue weighted by Crippen LogP contribution is -2.30. The fourth-order valence-corrected chi connectivity index (χ4v) is 3.70. The molecule has 0 saturated carbocycles. The number of esters is 1.